The van der Waals surface area contributed by atoms with Crippen LogP contribution in [0.25, 0.3) is 0 Å². The molecule has 0 N–H and O–H groups in total. The number of nitrogens with zero attached hydrogens (tertiary/aromatic N) is 1. The van der Waals surface area contributed by atoms with Gasteiger partial charge in [0.25, 0.3) is 0 Å². The van der Waals surface area contributed by atoms with E-state index in [2.05, 4.69) is 4.90 Å². The van der Waals surface area contributed by atoms with Gasteiger partial charge in [-0.25, -0.2) is 0 Å². The van der Waals surface area contributed by atoms with Crippen LogP contribution < -0.4 is 0 Å². The third-order valence-corrected chi connectivity index (χ3v) is 10.9. The van der Waals surface area contributed by atoms with E-state index in [1.165, 1.54) is 70.9 Å². The fourth-order valence-electron chi connectivity index (χ4n) is 10.1. The highest BCUT2D eigenvalue weighted by atomic mass is 16.5. The van der Waals surface area contributed by atoms with Crippen LogP contribution in [0.2, 0.25) is 0 Å². The predicted octanol–water partition coefficient (Wildman–Crippen LogP) is 4.87. The molecule has 3 heterocycles. The molecule has 2 nitrogen and oxygen atoms in total. The van der Waals surface area contributed by atoms with Gasteiger partial charge in [0.1, 0.15) is 0 Å². The van der Waals surface area contributed by atoms with E-state index in [0.717, 1.165) is 47.5 Å². The summed E-state index contributed by atoms with van der Waals surface area (Å²) in [5.41, 5.74) is 0.354. The van der Waals surface area contributed by atoms with Gasteiger partial charge in [-0.1, -0.05) is 12.8 Å². The number of hydrogen-bond acceptors (Lipinski definition) is 2. The molecule has 0 amide bonds. The second-order valence-electron chi connectivity index (χ2n) is 11.4. The number of hydrogen-bond donors (Lipinski definition) is 0. The average molecular weight is 356 g/mol. The molecule has 0 aromatic heterocycles. The molecule has 144 valence electrons. The summed E-state index contributed by atoms with van der Waals surface area (Å²) in [5, 5.41) is 0. The Hall–Kier alpha value is -0.0800. The molecule has 1 spiro atoms. The quantitative estimate of drug-likeness (QED) is 0.614. The van der Waals surface area contributed by atoms with Crippen molar-refractivity contribution in [3.05, 3.63) is 0 Å². The van der Waals surface area contributed by atoms with Gasteiger partial charge in [-0.2, -0.15) is 0 Å². The van der Waals surface area contributed by atoms with Gasteiger partial charge in [0.05, 0.1) is 11.7 Å². The first-order valence-corrected chi connectivity index (χ1v) is 12.3. The first-order valence-electron chi connectivity index (χ1n) is 12.3. The van der Waals surface area contributed by atoms with Gasteiger partial charge in [-0.3, -0.25) is 0 Å². The number of piperidine rings is 2. The van der Waals surface area contributed by atoms with Crippen LogP contribution in [-0.4, -0.2) is 35.7 Å². The molecular formula is C24H37NO. The van der Waals surface area contributed by atoms with Crippen LogP contribution in [0.3, 0.4) is 0 Å². The summed E-state index contributed by atoms with van der Waals surface area (Å²) in [6, 6.07) is 0.953. The summed E-state index contributed by atoms with van der Waals surface area (Å²) in [6.07, 6.45) is 18.6. The molecule has 2 heteroatoms. The lowest BCUT2D eigenvalue weighted by Crippen LogP contribution is -2.53. The maximum Gasteiger partial charge on any atom is 0.0751 e. The predicted molar refractivity (Wildman–Crippen MR) is 103 cm³/mol. The van der Waals surface area contributed by atoms with Crippen molar-refractivity contribution < 1.29 is 4.74 Å². The lowest BCUT2D eigenvalue weighted by atomic mass is 9.59. The Morgan fingerprint density at radius 3 is 2.65 bits per heavy atom. The third kappa shape index (κ3) is 1.92. The highest BCUT2D eigenvalue weighted by molar-refractivity contribution is 5.18. The van der Waals surface area contributed by atoms with Gasteiger partial charge in [-0.15, -0.1) is 0 Å². The van der Waals surface area contributed by atoms with Crippen molar-refractivity contribution >= 4 is 0 Å². The van der Waals surface area contributed by atoms with Crippen LogP contribution in [-0.2, 0) is 4.74 Å². The summed E-state index contributed by atoms with van der Waals surface area (Å²) in [7, 11) is 0. The SMILES string of the molecule is C1CCN2CC3C(CCC4C3CC35O[C@@H]6CCCC3C6CCC45)CC2C1. The van der Waals surface area contributed by atoms with Gasteiger partial charge >= 0.3 is 0 Å². The molecule has 4 bridgehead atoms. The summed E-state index contributed by atoms with van der Waals surface area (Å²) in [5.74, 6) is 6.97. The van der Waals surface area contributed by atoms with E-state index in [9.17, 15) is 0 Å². The molecule has 0 aromatic carbocycles. The lowest BCUT2D eigenvalue weighted by molar-refractivity contribution is -0.0835. The average Bonchev–Trinajstić information content (AvgIpc) is 3.00. The highest BCUT2D eigenvalue weighted by Gasteiger charge is 2.69. The van der Waals surface area contributed by atoms with E-state index in [0.29, 0.717) is 11.7 Å². The molecule has 3 aliphatic heterocycles. The lowest BCUT2D eigenvalue weighted by Gasteiger charge is -2.52. The zero-order valence-corrected chi connectivity index (χ0v) is 16.5. The third-order valence-electron chi connectivity index (χ3n) is 10.9. The zero-order chi connectivity index (χ0) is 16.9. The summed E-state index contributed by atoms with van der Waals surface area (Å²) >= 11 is 0. The molecular weight excluding hydrogens is 318 g/mol. The van der Waals surface area contributed by atoms with Crippen molar-refractivity contribution in [2.24, 2.45) is 41.4 Å². The molecule has 7 fully saturated rings. The Balaban J connectivity index is 1.21. The molecule has 26 heavy (non-hydrogen) atoms. The smallest absolute Gasteiger partial charge is 0.0751 e. The molecule has 4 saturated carbocycles. The van der Waals surface area contributed by atoms with Crippen LogP contribution in [0.1, 0.15) is 77.0 Å². The van der Waals surface area contributed by atoms with E-state index in [1.807, 2.05) is 0 Å². The molecule has 4 aliphatic carbocycles. The molecule has 9 unspecified atom stereocenters. The van der Waals surface area contributed by atoms with Crippen LogP contribution in [0.4, 0.5) is 0 Å². The van der Waals surface area contributed by atoms with E-state index < -0.39 is 0 Å². The van der Waals surface area contributed by atoms with E-state index in [-0.39, 0.29) is 0 Å². The number of rotatable bonds is 0. The minimum atomic E-state index is 0.354. The van der Waals surface area contributed by atoms with Crippen LogP contribution in [0.5, 0.6) is 0 Å². The highest BCUT2D eigenvalue weighted by Crippen LogP contribution is 2.69. The van der Waals surface area contributed by atoms with E-state index >= 15 is 0 Å². The van der Waals surface area contributed by atoms with Crippen molar-refractivity contribution in [3.8, 4) is 0 Å². The van der Waals surface area contributed by atoms with Gasteiger partial charge in [-0.05, 0) is 112 Å². The topological polar surface area (TPSA) is 12.5 Å². The Morgan fingerprint density at radius 2 is 1.65 bits per heavy atom. The van der Waals surface area contributed by atoms with Crippen LogP contribution in [0.15, 0.2) is 0 Å². The molecule has 7 aliphatic rings. The molecule has 0 radical (unpaired) electrons. The summed E-state index contributed by atoms with van der Waals surface area (Å²) in [4.78, 5) is 2.93. The second-order valence-corrected chi connectivity index (χ2v) is 11.4. The van der Waals surface area contributed by atoms with Gasteiger partial charge in [0.2, 0.25) is 0 Å². The standard InChI is InChI=1S/C24H37NO/c1-2-11-25-14-20-15(12-16(25)4-1)7-8-17-19(20)13-24-21-5-3-6-23(26-24)18(21)9-10-22(17)24/h15-23H,1-14H2/t15?,16?,17?,18?,19?,20?,21?,22?,23-,24?/m1/s1. The molecule has 10 atom stereocenters. The fraction of sp³-hybridized carbons (Fsp3) is 1.00. The number of fused-ring (bicyclic) bond motifs is 5. The van der Waals surface area contributed by atoms with Crippen LogP contribution in [0, 0.1) is 41.4 Å². The van der Waals surface area contributed by atoms with E-state index in [4.69, 9.17) is 4.74 Å². The minimum absolute atomic E-state index is 0.354. The maximum atomic E-state index is 7.09. The Bertz CT molecular complexity index is 591. The van der Waals surface area contributed by atoms with Gasteiger partial charge in [0.15, 0.2) is 0 Å². The summed E-state index contributed by atoms with van der Waals surface area (Å²) < 4.78 is 7.09. The van der Waals surface area contributed by atoms with Gasteiger partial charge in [0, 0.05) is 12.6 Å². The largest absolute Gasteiger partial charge is 0.371 e. The normalized spacial score (nSPS) is 60.7. The fourth-order valence-corrected chi connectivity index (χ4v) is 10.1. The minimum Gasteiger partial charge on any atom is -0.371 e. The second kappa shape index (κ2) is 5.50. The summed E-state index contributed by atoms with van der Waals surface area (Å²) in [6.45, 7) is 2.86. The van der Waals surface area contributed by atoms with Gasteiger partial charge < -0.3 is 9.64 Å². The molecule has 0 aromatic rings. The molecule has 3 saturated heterocycles. The van der Waals surface area contributed by atoms with Crippen molar-refractivity contribution in [1.29, 1.82) is 0 Å². The first kappa shape index (κ1) is 15.8. The van der Waals surface area contributed by atoms with Crippen molar-refractivity contribution in [1.82, 2.24) is 4.90 Å². The van der Waals surface area contributed by atoms with Crippen molar-refractivity contribution in [2.75, 3.05) is 13.1 Å². The Labute approximate surface area is 159 Å². The van der Waals surface area contributed by atoms with Crippen molar-refractivity contribution in [2.45, 2.75) is 94.8 Å². The zero-order valence-electron chi connectivity index (χ0n) is 16.5. The van der Waals surface area contributed by atoms with E-state index in [1.54, 1.807) is 19.3 Å². The molecule has 7 rings (SSSR count). The first-order chi connectivity index (χ1) is 12.8. The Kier molecular flexibility index (Phi) is 3.34. The monoisotopic (exact) mass is 355 g/mol. The maximum absolute atomic E-state index is 7.09. The van der Waals surface area contributed by atoms with Crippen LogP contribution >= 0.6 is 0 Å². The Morgan fingerprint density at radius 1 is 0.731 bits per heavy atom. The number of ether oxygens (including phenoxy) is 1. The van der Waals surface area contributed by atoms with Crippen molar-refractivity contribution in [3.63, 3.8) is 0 Å².